The molecule has 1 rings (SSSR count). The molecule has 0 bridgehead atoms. The summed E-state index contributed by atoms with van der Waals surface area (Å²) >= 11 is 0. The molecular weight excluding hydrogens is 246 g/mol. The Balaban J connectivity index is 2.52. The van der Waals surface area contributed by atoms with Crippen molar-refractivity contribution in [2.24, 2.45) is 0 Å². The number of rotatable bonds is 4. The number of aliphatic hydroxyl groups is 1. The van der Waals surface area contributed by atoms with Gasteiger partial charge in [-0.25, -0.2) is 12.7 Å². The van der Waals surface area contributed by atoms with Gasteiger partial charge in [-0.1, -0.05) is 0 Å². The van der Waals surface area contributed by atoms with Gasteiger partial charge in [0.25, 0.3) is 0 Å². The fourth-order valence-electron chi connectivity index (χ4n) is 1.69. The van der Waals surface area contributed by atoms with Crippen molar-refractivity contribution in [1.29, 1.82) is 0 Å². The molecule has 1 heterocycles. The third-order valence-corrected chi connectivity index (χ3v) is 4.86. The Morgan fingerprint density at radius 1 is 1.41 bits per heavy atom. The van der Waals surface area contributed by atoms with Gasteiger partial charge in [0.1, 0.15) is 0 Å². The highest BCUT2D eigenvalue weighted by atomic mass is 32.2. The molecule has 100 valence electrons. The van der Waals surface area contributed by atoms with Gasteiger partial charge in [0.15, 0.2) is 0 Å². The van der Waals surface area contributed by atoms with Gasteiger partial charge in [0, 0.05) is 13.1 Å². The molecule has 0 atom stereocenters. The van der Waals surface area contributed by atoms with Gasteiger partial charge in [-0.3, -0.25) is 4.79 Å². The zero-order chi connectivity index (χ0) is 13.1. The van der Waals surface area contributed by atoms with E-state index < -0.39 is 21.6 Å². The molecule has 1 N–H and O–H groups in total. The van der Waals surface area contributed by atoms with Gasteiger partial charge in [0.05, 0.1) is 24.9 Å². The van der Waals surface area contributed by atoms with Gasteiger partial charge in [-0.2, -0.15) is 0 Å². The minimum absolute atomic E-state index is 0.133. The Hall–Kier alpha value is -0.660. The number of nitrogens with zero attached hydrogens (tertiary/aromatic N) is 1. The summed E-state index contributed by atoms with van der Waals surface area (Å²) in [4.78, 5) is 10.9. The van der Waals surface area contributed by atoms with E-state index in [2.05, 4.69) is 4.74 Å². The maximum absolute atomic E-state index is 11.9. The average molecular weight is 265 g/mol. The number of methoxy groups -OCH3 is 1. The zero-order valence-corrected chi connectivity index (χ0v) is 11.0. The Morgan fingerprint density at radius 3 is 2.41 bits per heavy atom. The van der Waals surface area contributed by atoms with E-state index in [9.17, 15) is 18.3 Å². The summed E-state index contributed by atoms with van der Waals surface area (Å²) in [7, 11) is -2.19. The highest BCUT2D eigenvalue weighted by Gasteiger charge is 2.33. The Bertz CT molecular complexity index is 366. The first-order valence-electron chi connectivity index (χ1n) is 5.54. The molecule has 7 heteroatoms. The number of hydrogen-bond acceptors (Lipinski definition) is 5. The number of carbonyl (C=O) groups excluding carboxylic acids is 1. The summed E-state index contributed by atoms with van der Waals surface area (Å²) in [5.74, 6) is -0.764. The minimum atomic E-state index is -3.42. The van der Waals surface area contributed by atoms with E-state index in [0.717, 1.165) is 0 Å². The summed E-state index contributed by atoms with van der Waals surface area (Å²) in [5, 5.41) is 9.72. The van der Waals surface area contributed by atoms with E-state index in [1.807, 2.05) is 0 Å². The minimum Gasteiger partial charge on any atom is -0.469 e. The first kappa shape index (κ1) is 14.4. The van der Waals surface area contributed by atoms with Crippen molar-refractivity contribution in [3.05, 3.63) is 0 Å². The highest BCUT2D eigenvalue weighted by Crippen LogP contribution is 2.23. The smallest absolute Gasteiger partial charge is 0.306 e. The third-order valence-electron chi connectivity index (χ3n) is 2.98. The molecule has 1 saturated heterocycles. The first-order valence-corrected chi connectivity index (χ1v) is 7.15. The molecule has 1 aliphatic rings. The zero-order valence-electron chi connectivity index (χ0n) is 10.2. The Kier molecular flexibility index (Phi) is 4.51. The van der Waals surface area contributed by atoms with Crippen LogP contribution in [0.25, 0.3) is 0 Å². The second-order valence-corrected chi connectivity index (χ2v) is 6.63. The van der Waals surface area contributed by atoms with E-state index in [1.54, 1.807) is 6.92 Å². The SMILES string of the molecule is COC(=O)CCS(=O)(=O)N1CCC(C)(O)CC1. The normalized spacial score (nSPS) is 21.1. The van der Waals surface area contributed by atoms with Crippen molar-refractivity contribution >= 4 is 16.0 Å². The fraction of sp³-hybridized carbons (Fsp3) is 0.900. The van der Waals surface area contributed by atoms with E-state index in [1.165, 1.54) is 11.4 Å². The maximum Gasteiger partial charge on any atom is 0.306 e. The van der Waals surface area contributed by atoms with Gasteiger partial charge >= 0.3 is 5.97 Å². The second kappa shape index (κ2) is 5.32. The third kappa shape index (κ3) is 4.25. The summed E-state index contributed by atoms with van der Waals surface area (Å²) in [6.45, 7) is 2.30. The summed E-state index contributed by atoms with van der Waals surface area (Å²) < 4.78 is 29.4. The first-order chi connectivity index (χ1) is 7.77. The lowest BCUT2D eigenvalue weighted by molar-refractivity contribution is -0.140. The number of hydrogen-bond donors (Lipinski definition) is 1. The largest absolute Gasteiger partial charge is 0.469 e. The molecule has 0 aromatic heterocycles. The molecule has 6 nitrogen and oxygen atoms in total. The monoisotopic (exact) mass is 265 g/mol. The van der Waals surface area contributed by atoms with Crippen LogP contribution in [0, 0.1) is 0 Å². The predicted molar refractivity (Wildman–Crippen MR) is 61.9 cm³/mol. The van der Waals surface area contributed by atoms with Crippen LogP contribution < -0.4 is 0 Å². The van der Waals surface area contributed by atoms with Gasteiger partial charge in [-0.05, 0) is 19.8 Å². The lowest BCUT2D eigenvalue weighted by Crippen LogP contribution is -2.45. The Labute approximate surface area is 102 Å². The molecule has 0 radical (unpaired) electrons. The molecule has 0 spiro atoms. The van der Waals surface area contributed by atoms with Crippen LogP contribution in [0.5, 0.6) is 0 Å². The van der Waals surface area contributed by atoms with Crippen LogP contribution in [-0.4, -0.2) is 55.4 Å². The summed E-state index contributed by atoms with van der Waals surface area (Å²) in [6, 6.07) is 0. The molecule has 0 amide bonds. The van der Waals surface area contributed by atoms with Gasteiger partial charge < -0.3 is 9.84 Å². The Morgan fingerprint density at radius 2 is 1.94 bits per heavy atom. The van der Waals surface area contributed by atoms with Crippen LogP contribution in [0.15, 0.2) is 0 Å². The number of esters is 1. The van der Waals surface area contributed by atoms with E-state index in [0.29, 0.717) is 25.9 Å². The van der Waals surface area contributed by atoms with Gasteiger partial charge in [0.2, 0.25) is 10.0 Å². The number of piperidine rings is 1. The number of carbonyl (C=O) groups is 1. The molecule has 0 saturated carbocycles. The molecule has 1 fully saturated rings. The molecule has 0 aliphatic carbocycles. The van der Waals surface area contributed by atoms with Crippen LogP contribution in [0.3, 0.4) is 0 Å². The molecule has 17 heavy (non-hydrogen) atoms. The number of ether oxygens (including phenoxy) is 1. The van der Waals surface area contributed by atoms with Crippen LogP contribution in [0.2, 0.25) is 0 Å². The topological polar surface area (TPSA) is 83.9 Å². The molecule has 1 aliphatic heterocycles. The lowest BCUT2D eigenvalue weighted by atomic mass is 9.95. The maximum atomic E-state index is 11.9. The van der Waals surface area contributed by atoms with Crippen LogP contribution in [0.4, 0.5) is 0 Å². The number of sulfonamides is 1. The quantitative estimate of drug-likeness (QED) is 0.707. The van der Waals surface area contributed by atoms with E-state index in [-0.39, 0.29) is 12.2 Å². The van der Waals surface area contributed by atoms with Crippen LogP contribution in [-0.2, 0) is 19.6 Å². The van der Waals surface area contributed by atoms with Crippen LogP contribution >= 0.6 is 0 Å². The van der Waals surface area contributed by atoms with E-state index >= 15 is 0 Å². The second-order valence-electron chi connectivity index (χ2n) is 4.54. The fourth-order valence-corrected chi connectivity index (χ4v) is 3.11. The predicted octanol–water partition coefficient (Wildman–Crippen LogP) is -0.274. The molecular formula is C10H19NO5S. The average Bonchev–Trinajstić information content (AvgIpc) is 2.25. The lowest BCUT2D eigenvalue weighted by Gasteiger charge is -2.34. The van der Waals surface area contributed by atoms with Crippen molar-refractivity contribution in [3.63, 3.8) is 0 Å². The van der Waals surface area contributed by atoms with Crippen LogP contribution in [0.1, 0.15) is 26.2 Å². The van der Waals surface area contributed by atoms with Crippen molar-refractivity contribution in [2.75, 3.05) is 26.0 Å². The molecule has 0 aromatic carbocycles. The standard InChI is InChI=1S/C10H19NO5S/c1-10(13)4-6-11(7-5-10)17(14,15)8-3-9(12)16-2/h13H,3-8H2,1-2H3. The summed E-state index contributed by atoms with van der Waals surface area (Å²) in [5.41, 5.74) is -0.783. The van der Waals surface area contributed by atoms with Crippen molar-refractivity contribution < 1.29 is 23.1 Å². The van der Waals surface area contributed by atoms with Gasteiger partial charge in [-0.15, -0.1) is 0 Å². The van der Waals surface area contributed by atoms with Crippen molar-refractivity contribution in [2.45, 2.75) is 31.8 Å². The van der Waals surface area contributed by atoms with E-state index in [4.69, 9.17) is 0 Å². The van der Waals surface area contributed by atoms with Crippen molar-refractivity contribution in [3.8, 4) is 0 Å². The molecule has 0 aromatic rings. The van der Waals surface area contributed by atoms with Crippen molar-refractivity contribution in [1.82, 2.24) is 4.31 Å². The molecule has 0 unspecified atom stereocenters. The highest BCUT2D eigenvalue weighted by molar-refractivity contribution is 7.89. The summed E-state index contributed by atoms with van der Waals surface area (Å²) in [6.07, 6.45) is 0.709.